The summed E-state index contributed by atoms with van der Waals surface area (Å²) in [6.45, 7) is 3.46. The van der Waals surface area contributed by atoms with Crippen molar-refractivity contribution < 1.29 is 14.6 Å². The monoisotopic (exact) mass is 530 g/mol. The van der Waals surface area contributed by atoms with Crippen LogP contribution in [0.2, 0.25) is 0 Å². The number of likely N-dealkylation sites (N-methyl/N-ethyl adjacent to an activating group) is 1. The van der Waals surface area contributed by atoms with Crippen molar-refractivity contribution in [3.05, 3.63) is 83.5 Å². The molecular formula is C32H42N4O3. The maximum atomic E-state index is 13.4. The Morgan fingerprint density at radius 1 is 1.13 bits per heavy atom. The molecule has 1 unspecified atom stereocenters. The van der Waals surface area contributed by atoms with Crippen molar-refractivity contribution in [1.82, 2.24) is 9.80 Å². The molecule has 7 heteroatoms. The summed E-state index contributed by atoms with van der Waals surface area (Å²) in [5.41, 5.74) is 9.55. The molecule has 2 aromatic rings. The first kappa shape index (κ1) is 30.0. The molecule has 0 saturated heterocycles. The molecule has 0 radical (unpaired) electrons. The molecule has 2 amide bonds. The standard InChI is InChI=1S/C32H42N4O3/c1-24-6-5-7-26(20-24)9-8-25-10-12-27(13-11-25)28(23-37)21-36(22-30(18-19-33)35(2)3)32(38)34-29-14-16-31(39-4)17-15-29/h5-7,10-17,24,28,30,37H,18-23,33H2,1-4H3,(H,34,38)/t24?,28-,30-/m1/s1. The van der Waals surface area contributed by atoms with Crippen molar-refractivity contribution in [2.24, 2.45) is 11.7 Å². The molecular weight excluding hydrogens is 488 g/mol. The van der Waals surface area contributed by atoms with E-state index in [-0.39, 0.29) is 24.6 Å². The average Bonchev–Trinajstić information content (AvgIpc) is 2.94. The number of aliphatic hydroxyl groups is 1. The van der Waals surface area contributed by atoms with Gasteiger partial charge in [0.2, 0.25) is 0 Å². The Morgan fingerprint density at radius 3 is 2.44 bits per heavy atom. The van der Waals surface area contributed by atoms with Gasteiger partial charge in [0.1, 0.15) is 5.75 Å². The maximum absolute atomic E-state index is 13.4. The van der Waals surface area contributed by atoms with Crippen LogP contribution in [0.25, 0.3) is 0 Å². The summed E-state index contributed by atoms with van der Waals surface area (Å²) in [7, 11) is 5.58. The summed E-state index contributed by atoms with van der Waals surface area (Å²) >= 11 is 0. The first-order valence-corrected chi connectivity index (χ1v) is 13.5. The zero-order chi connectivity index (χ0) is 28.2. The van der Waals surface area contributed by atoms with Gasteiger partial charge in [0.05, 0.1) is 13.7 Å². The molecule has 0 saturated carbocycles. The molecule has 208 valence electrons. The number of hydrogen-bond acceptors (Lipinski definition) is 5. The third kappa shape index (κ3) is 9.29. The highest BCUT2D eigenvalue weighted by Gasteiger charge is 2.24. The van der Waals surface area contributed by atoms with Crippen LogP contribution in [0.15, 0.2) is 72.3 Å². The van der Waals surface area contributed by atoms with Gasteiger partial charge in [0, 0.05) is 41.9 Å². The number of nitrogens with two attached hydrogens (primary N) is 1. The topological polar surface area (TPSA) is 91.1 Å². The summed E-state index contributed by atoms with van der Waals surface area (Å²) < 4.78 is 5.22. The minimum atomic E-state index is -0.249. The molecule has 7 nitrogen and oxygen atoms in total. The van der Waals surface area contributed by atoms with Crippen molar-refractivity contribution >= 4 is 11.7 Å². The summed E-state index contributed by atoms with van der Waals surface area (Å²) in [6.07, 6.45) is 8.03. The maximum Gasteiger partial charge on any atom is 0.321 e. The van der Waals surface area contributed by atoms with Crippen molar-refractivity contribution in [3.63, 3.8) is 0 Å². The number of aliphatic hydroxyl groups excluding tert-OH is 1. The lowest BCUT2D eigenvalue weighted by Crippen LogP contribution is -2.47. The Morgan fingerprint density at radius 2 is 1.85 bits per heavy atom. The van der Waals surface area contributed by atoms with Gasteiger partial charge in [0.15, 0.2) is 0 Å². The van der Waals surface area contributed by atoms with E-state index in [0.717, 1.165) is 35.3 Å². The normalized spacial score (nSPS) is 16.1. The Balaban J connectivity index is 1.76. The number of nitrogens with zero attached hydrogens (tertiary/aromatic N) is 2. The van der Waals surface area contributed by atoms with Gasteiger partial charge in [-0.15, -0.1) is 0 Å². The van der Waals surface area contributed by atoms with Gasteiger partial charge >= 0.3 is 6.03 Å². The molecule has 0 spiro atoms. The van der Waals surface area contributed by atoms with Gasteiger partial charge in [-0.3, -0.25) is 0 Å². The Bertz CT molecular complexity index is 1180. The van der Waals surface area contributed by atoms with E-state index in [1.54, 1.807) is 24.1 Å². The molecule has 0 bridgehead atoms. The third-order valence-electron chi connectivity index (χ3n) is 6.98. The van der Waals surface area contributed by atoms with E-state index in [4.69, 9.17) is 10.5 Å². The SMILES string of the molecule is COc1ccc(NC(=O)N(C[C@H](CO)c2ccc(C#CC3=CC=CC(C)C3)cc2)C[C@@H](CCN)N(C)C)cc1. The zero-order valence-electron chi connectivity index (χ0n) is 23.6. The molecule has 1 aliphatic carbocycles. The van der Waals surface area contributed by atoms with E-state index < -0.39 is 0 Å². The van der Waals surface area contributed by atoms with Gasteiger partial charge in [-0.2, -0.15) is 0 Å². The second kappa shape index (κ2) is 15.1. The Hall–Kier alpha value is -3.57. The number of carbonyl (C=O) groups is 1. The summed E-state index contributed by atoms with van der Waals surface area (Å²) in [5, 5.41) is 13.3. The molecule has 39 heavy (non-hydrogen) atoms. The number of rotatable bonds is 11. The van der Waals surface area contributed by atoms with Gasteiger partial charge in [-0.1, -0.05) is 49.1 Å². The third-order valence-corrected chi connectivity index (χ3v) is 6.98. The van der Waals surface area contributed by atoms with Gasteiger partial charge < -0.3 is 30.7 Å². The number of benzene rings is 2. The second-order valence-electron chi connectivity index (χ2n) is 10.3. The molecule has 3 rings (SSSR count). The van der Waals surface area contributed by atoms with E-state index in [0.29, 0.717) is 31.2 Å². The molecule has 3 atom stereocenters. The number of anilines is 1. The van der Waals surface area contributed by atoms with Crippen LogP contribution in [0.4, 0.5) is 10.5 Å². The Labute approximate surface area is 233 Å². The number of urea groups is 1. The average molecular weight is 531 g/mol. The van der Waals surface area contributed by atoms with E-state index >= 15 is 0 Å². The molecule has 1 aliphatic rings. The first-order chi connectivity index (χ1) is 18.8. The van der Waals surface area contributed by atoms with Crippen molar-refractivity contribution in [2.75, 3.05) is 52.8 Å². The van der Waals surface area contributed by atoms with E-state index in [1.165, 1.54) is 0 Å². The fourth-order valence-corrected chi connectivity index (χ4v) is 4.54. The lowest BCUT2D eigenvalue weighted by Gasteiger charge is -2.33. The van der Waals surface area contributed by atoms with Crippen LogP contribution in [0.3, 0.4) is 0 Å². The Kier molecular flexibility index (Phi) is 11.6. The van der Waals surface area contributed by atoms with Crippen LogP contribution < -0.4 is 15.8 Å². The zero-order valence-corrected chi connectivity index (χ0v) is 23.6. The highest BCUT2D eigenvalue weighted by Crippen LogP contribution is 2.21. The van der Waals surface area contributed by atoms with Gasteiger partial charge in [0.25, 0.3) is 0 Å². The number of hydrogen-bond donors (Lipinski definition) is 3. The van der Waals surface area contributed by atoms with Gasteiger partial charge in [-0.25, -0.2) is 4.79 Å². The van der Waals surface area contributed by atoms with Crippen LogP contribution in [0, 0.1) is 17.8 Å². The van der Waals surface area contributed by atoms with Crippen molar-refractivity contribution in [2.45, 2.75) is 31.7 Å². The molecule has 4 N–H and O–H groups in total. The highest BCUT2D eigenvalue weighted by molar-refractivity contribution is 5.89. The van der Waals surface area contributed by atoms with Crippen LogP contribution in [-0.4, -0.2) is 74.4 Å². The van der Waals surface area contributed by atoms with Crippen LogP contribution >= 0.6 is 0 Å². The fraction of sp³-hybridized carbons (Fsp3) is 0.406. The summed E-state index contributed by atoms with van der Waals surface area (Å²) in [4.78, 5) is 17.3. The molecule has 0 fully saturated rings. The highest BCUT2D eigenvalue weighted by atomic mass is 16.5. The number of carbonyl (C=O) groups excluding carboxylic acids is 1. The summed E-state index contributed by atoms with van der Waals surface area (Å²) in [6, 6.07) is 15.0. The van der Waals surface area contributed by atoms with E-state index in [1.807, 2.05) is 50.5 Å². The van der Waals surface area contributed by atoms with Crippen molar-refractivity contribution in [3.8, 4) is 17.6 Å². The lowest BCUT2D eigenvalue weighted by atomic mass is 9.95. The van der Waals surface area contributed by atoms with Crippen molar-refractivity contribution in [1.29, 1.82) is 0 Å². The molecule has 0 heterocycles. The minimum absolute atomic E-state index is 0.0836. The largest absolute Gasteiger partial charge is 0.497 e. The van der Waals surface area contributed by atoms with Crippen LogP contribution in [0.5, 0.6) is 5.75 Å². The fourth-order valence-electron chi connectivity index (χ4n) is 4.54. The van der Waals surface area contributed by atoms with E-state index in [9.17, 15) is 9.90 Å². The molecule has 2 aromatic carbocycles. The number of amides is 2. The van der Waals surface area contributed by atoms with Gasteiger partial charge in [-0.05, 0) is 81.4 Å². The van der Waals surface area contributed by atoms with Crippen LogP contribution in [-0.2, 0) is 0 Å². The number of ether oxygens (including phenoxy) is 1. The predicted molar refractivity (Wildman–Crippen MR) is 159 cm³/mol. The smallest absolute Gasteiger partial charge is 0.321 e. The minimum Gasteiger partial charge on any atom is -0.497 e. The molecule has 0 aliphatic heterocycles. The quantitative estimate of drug-likeness (QED) is 0.373. The second-order valence-corrected chi connectivity index (χ2v) is 10.3. The lowest BCUT2D eigenvalue weighted by molar-refractivity contribution is 0.162. The van der Waals surface area contributed by atoms with Crippen LogP contribution in [0.1, 0.15) is 36.8 Å². The number of allylic oxidation sites excluding steroid dienone is 4. The number of methoxy groups -OCH3 is 1. The predicted octanol–water partition coefficient (Wildman–Crippen LogP) is 4.46. The molecule has 0 aromatic heterocycles. The number of nitrogens with one attached hydrogen (secondary N) is 1. The van der Waals surface area contributed by atoms with E-state index in [2.05, 4.69) is 47.2 Å². The summed E-state index contributed by atoms with van der Waals surface area (Å²) in [5.74, 6) is 7.51. The first-order valence-electron chi connectivity index (χ1n) is 13.5.